The van der Waals surface area contributed by atoms with E-state index >= 15 is 0 Å². The van der Waals surface area contributed by atoms with Crippen molar-refractivity contribution in [3.8, 4) is 11.5 Å². The van der Waals surface area contributed by atoms with Gasteiger partial charge in [0.2, 0.25) is 0 Å². The molecule has 3 aromatic carbocycles. The van der Waals surface area contributed by atoms with Gasteiger partial charge in [0.25, 0.3) is 15.9 Å². The number of anilines is 1. The molecule has 0 aliphatic carbocycles. The van der Waals surface area contributed by atoms with Crippen molar-refractivity contribution in [2.24, 2.45) is 0 Å². The Bertz CT molecular complexity index is 1320. The van der Waals surface area contributed by atoms with Gasteiger partial charge in [0.1, 0.15) is 11.5 Å². The molecule has 1 amide bonds. The maximum Gasteiger partial charge on any atom is 0.264 e. The molecule has 7 nitrogen and oxygen atoms in total. The van der Waals surface area contributed by atoms with Crippen LogP contribution in [0.3, 0.4) is 0 Å². The number of fused-ring (bicyclic) bond motifs is 1. The Kier molecular flexibility index (Phi) is 7.03. The molecule has 184 valence electrons. The highest BCUT2D eigenvalue weighted by atomic mass is 32.2. The number of benzene rings is 3. The number of amides is 1. The SMILES string of the molecule is CC[C@H](NC(=O)[C@@H]1CN(S(=O)(=O)c2ccccc2)c2ccc(C)cc2O1)c1ccc(OC)c(C)c1. The number of carbonyl (C=O) groups is 1. The Morgan fingerprint density at radius 3 is 2.51 bits per heavy atom. The largest absolute Gasteiger partial charge is 0.496 e. The first kappa shape index (κ1) is 24.6. The van der Waals surface area contributed by atoms with E-state index in [-0.39, 0.29) is 23.4 Å². The van der Waals surface area contributed by atoms with Gasteiger partial charge in [-0.1, -0.05) is 43.3 Å². The molecule has 0 bridgehead atoms. The van der Waals surface area contributed by atoms with Crippen LogP contribution in [0.15, 0.2) is 71.6 Å². The van der Waals surface area contributed by atoms with Gasteiger partial charge in [0.15, 0.2) is 6.10 Å². The van der Waals surface area contributed by atoms with Gasteiger partial charge < -0.3 is 14.8 Å². The average Bonchev–Trinajstić information content (AvgIpc) is 2.86. The molecule has 1 N–H and O–H groups in total. The Morgan fingerprint density at radius 2 is 1.86 bits per heavy atom. The molecule has 0 radical (unpaired) electrons. The number of nitrogens with one attached hydrogen (secondary N) is 1. The molecule has 4 rings (SSSR count). The van der Waals surface area contributed by atoms with E-state index in [1.807, 2.05) is 45.0 Å². The molecule has 0 fully saturated rings. The summed E-state index contributed by atoms with van der Waals surface area (Å²) in [6.07, 6.45) is -0.345. The summed E-state index contributed by atoms with van der Waals surface area (Å²) in [6.45, 7) is 5.70. The van der Waals surface area contributed by atoms with Crippen LogP contribution >= 0.6 is 0 Å². The Hall–Kier alpha value is -3.52. The Morgan fingerprint density at radius 1 is 1.11 bits per heavy atom. The summed E-state index contributed by atoms with van der Waals surface area (Å²) < 4.78 is 39.7. The number of methoxy groups -OCH3 is 1. The van der Waals surface area contributed by atoms with Gasteiger partial charge in [0.05, 0.1) is 30.3 Å². The first-order valence-corrected chi connectivity index (χ1v) is 13.0. The van der Waals surface area contributed by atoms with Crippen LogP contribution in [0.2, 0.25) is 0 Å². The van der Waals surface area contributed by atoms with Gasteiger partial charge in [-0.2, -0.15) is 0 Å². The number of hydrogen-bond donors (Lipinski definition) is 1. The summed E-state index contributed by atoms with van der Waals surface area (Å²) in [4.78, 5) is 13.5. The van der Waals surface area contributed by atoms with E-state index in [9.17, 15) is 13.2 Å². The van der Waals surface area contributed by atoms with Crippen LogP contribution in [-0.2, 0) is 14.8 Å². The zero-order valence-electron chi connectivity index (χ0n) is 20.3. The number of nitrogens with zero attached hydrogens (tertiary/aromatic N) is 1. The van der Waals surface area contributed by atoms with E-state index in [4.69, 9.17) is 9.47 Å². The zero-order chi connectivity index (χ0) is 25.2. The van der Waals surface area contributed by atoms with Gasteiger partial charge in [-0.15, -0.1) is 0 Å². The summed E-state index contributed by atoms with van der Waals surface area (Å²) in [5.74, 6) is 0.772. The summed E-state index contributed by atoms with van der Waals surface area (Å²) in [5, 5.41) is 3.05. The second-order valence-corrected chi connectivity index (χ2v) is 10.5. The van der Waals surface area contributed by atoms with Crippen LogP contribution in [0.25, 0.3) is 0 Å². The van der Waals surface area contributed by atoms with Crippen LogP contribution in [0.4, 0.5) is 5.69 Å². The molecule has 0 saturated carbocycles. The standard InChI is InChI=1S/C27H30N2O5S/c1-5-22(20-12-14-24(33-4)19(3)16-20)28-27(30)26-17-29(23-13-11-18(2)15-25(23)34-26)35(31,32)21-9-7-6-8-10-21/h6-16,22,26H,5,17H2,1-4H3,(H,28,30)/t22-,26-/m0/s1. The highest BCUT2D eigenvalue weighted by Gasteiger charge is 2.38. The molecule has 1 heterocycles. The molecule has 0 saturated heterocycles. The third-order valence-electron chi connectivity index (χ3n) is 6.15. The minimum atomic E-state index is -3.89. The predicted molar refractivity (Wildman–Crippen MR) is 135 cm³/mol. The van der Waals surface area contributed by atoms with E-state index in [0.29, 0.717) is 17.9 Å². The molecule has 8 heteroatoms. The zero-order valence-corrected chi connectivity index (χ0v) is 21.1. The normalized spacial score (nSPS) is 16.1. The molecule has 2 atom stereocenters. The smallest absolute Gasteiger partial charge is 0.264 e. The highest BCUT2D eigenvalue weighted by molar-refractivity contribution is 7.92. The second kappa shape index (κ2) is 10.00. The van der Waals surface area contributed by atoms with Crippen LogP contribution in [0.5, 0.6) is 11.5 Å². The number of hydrogen-bond acceptors (Lipinski definition) is 5. The molecular weight excluding hydrogens is 464 g/mol. The molecule has 1 aliphatic rings. The molecule has 0 aromatic heterocycles. The monoisotopic (exact) mass is 494 g/mol. The lowest BCUT2D eigenvalue weighted by Crippen LogP contribution is -2.51. The van der Waals surface area contributed by atoms with E-state index < -0.39 is 16.1 Å². The average molecular weight is 495 g/mol. The van der Waals surface area contributed by atoms with Crippen molar-refractivity contribution in [3.05, 3.63) is 83.4 Å². The lowest BCUT2D eigenvalue weighted by molar-refractivity contribution is -0.128. The Balaban J connectivity index is 1.63. The molecule has 35 heavy (non-hydrogen) atoms. The summed E-state index contributed by atoms with van der Waals surface area (Å²) in [6, 6.07) is 19.0. The van der Waals surface area contributed by atoms with Crippen molar-refractivity contribution in [3.63, 3.8) is 0 Å². The Labute approximate surface area is 206 Å². The third-order valence-corrected chi connectivity index (χ3v) is 7.95. The summed E-state index contributed by atoms with van der Waals surface area (Å²) >= 11 is 0. The number of aryl methyl sites for hydroxylation is 2. The van der Waals surface area contributed by atoms with Crippen molar-refractivity contribution in [2.75, 3.05) is 18.0 Å². The molecule has 0 spiro atoms. The predicted octanol–water partition coefficient (Wildman–Crippen LogP) is 4.54. The first-order chi connectivity index (χ1) is 16.7. The lowest BCUT2D eigenvalue weighted by atomic mass is 10.0. The third kappa shape index (κ3) is 4.98. The van der Waals surface area contributed by atoms with Gasteiger partial charge in [0, 0.05) is 0 Å². The minimum Gasteiger partial charge on any atom is -0.496 e. The number of sulfonamides is 1. The fraction of sp³-hybridized carbons (Fsp3) is 0.296. The maximum absolute atomic E-state index is 13.5. The molecule has 1 aliphatic heterocycles. The fourth-order valence-electron chi connectivity index (χ4n) is 4.25. The highest BCUT2D eigenvalue weighted by Crippen LogP contribution is 2.38. The van der Waals surface area contributed by atoms with E-state index in [2.05, 4.69) is 5.32 Å². The van der Waals surface area contributed by atoms with Crippen LogP contribution < -0.4 is 19.1 Å². The summed E-state index contributed by atoms with van der Waals surface area (Å²) in [5.41, 5.74) is 3.24. The molecule has 3 aromatic rings. The maximum atomic E-state index is 13.5. The van der Waals surface area contributed by atoms with E-state index in [1.165, 1.54) is 4.31 Å². The first-order valence-electron chi connectivity index (χ1n) is 11.5. The molecule has 0 unspecified atom stereocenters. The summed E-state index contributed by atoms with van der Waals surface area (Å²) in [7, 11) is -2.27. The fourth-order valence-corrected chi connectivity index (χ4v) is 5.75. The topological polar surface area (TPSA) is 84.9 Å². The van der Waals surface area contributed by atoms with Crippen LogP contribution in [0.1, 0.15) is 36.1 Å². The van der Waals surface area contributed by atoms with Crippen LogP contribution in [-0.4, -0.2) is 34.1 Å². The van der Waals surface area contributed by atoms with Gasteiger partial charge >= 0.3 is 0 Å². The van der Waals surface area contributed by atoms with Gasteiger partial charge in [-0.05, 0) is 67.3 Å². The van der Waals surface area contributed by atoms with Crippen molar-refractivity contribution >= 4 is 21.6 Å². The lowest BCUT2D eigenvalue weighted by Gasteiger charge is -2.35. The molecular formula is C27H30N2O5S. The quantitative estimate of drug-likeness (QED) is 0.521. The number of rotatable bonds is 7. The van der Waals surface area contributed by atoms with Gasteiger partial charge in [-0.3, -0.25) is 9.10 Å². The number of ether oxygens (including phenoxy) is 2. The van der Waals surface area contributed by atoms with Crippen molar-refractivity contribution in [1.29, 1.82) is 0 Å². The van der Waals surface area contributed by atoms with Gasteiger partial charge in [-0.25, -0.2) is 8.42 Å². The second-order valence-electron chi connectivity index (χ2n) is 8.63. The minimum absolute atomic E-state index is 0.128. The van der Waals surface area contributed by atoms with E-state index in [0.717, 1.165) is 22.4 Å². The number of carbonyl (C=O) groups excluding carboxylic acids is 1. The van der Waals surface area contributed by atoms with Crippen LogP contribution in [0, 0.1) is 13.8 Å². The van der Waals surface area contributed by atoms with Crippen molar-refractivity contribution in [2.45, 2.75) is 44.2 Å². The van der Waals surface area contributed by atoms with Crippen molar-refractivity contribution < 1.29 is 22.7 Å². The van der Waals surface area contributed by atoms with Crippen molar-refractivity contribution in [1.82, 2.24) is 5.32 Å². The van der Waals surface area contributed by atoms with E-state index in [1.54, 1.807) is 49.6 Å².